The van der Waals surface area contributed by atoms with E-state index in [0.717, 1.165) is 11.6 Å². The highest BCUT2D eigenvalue weighted by molar-refractivity contribution is 6.31. The van der Waals surface area contributed by atoms with E-state index in [-0.39, 0.29) is 0 Å². The SMILES string of the molecule is CNc1[nH]c(C)nc1Cl. The van der Waals surface area contributed by atoms with Crippen molar-refractivity contribution in [2.24, 2.45) is 0 Å². The standard InChI is InChI=1S/C5H8ClN3/c1-3-8-4(6)5(7-2)9-3/h7H,1-2H3,(H,8,9). The van der Waals surface area contributed by atoms with Crippen molar-refractivity contribution in [3.63, 3.8) is 0 Å². The second-order valence-electron chi connectivity index (χ2n) is 1.74. The number of H-pyrrole nitrogens is 1. The van der Waals surface area contributed by atoms with Crippen LogP contribution in [0.3, 0.4) is 0 Å². The Bertz CT molecular complexity index is 206. The average Bonchev–Trinajstić information content (AvgIpc) is 2.10. The van der Waals surface area contributed by atoms with Gasteiger partial charge in [-0.15, -0.1) is 0 Å². The van der Waals surface area contributed by atoms with Crippen LogP contribution < -0.4 is 5.32 Å². The summed E-state index contributed by atoms with van der Waals surface area (Å²) in [6, 6.07) is 0. The second kappa shape index (κ2) is 2.27. The van der Waals surface area contributed by atoms with E-state index in [1.165, 1.54) is 0 Å². The molecule has 0 radical (unpaired) electrons. The topological polar surface area (TPSA) is 40.7 Å². The molecule has 1 heterocycles. The van der Waals surface area contributed by atoms with E-state index in [2.05, 4.69) is 15.3 Å². The number of rotatable bonds is 1. The quantitative estimate of drug-likeness (QED) is 0.628. The molecule has 50 valence electrons. The summed E-state index contributed by atoms with van der Waals surface area (Å²) in [5.74, 6) is 1.60. The molecule has 1 rings (SSSR count). The van der Waals surface area contributed by atoms with Crippen molar-refractivity contribution in [1.29, 1.82) is 0 Å². The van der Waals surface area contributed by atoms with Crippen LogP contribution in [-0.2, 0) is 0 Å². The summed E-state index contributed by atoms with van der Waals surface area (Å²) in [4.78, 5) is 6.87. The summed E-state index contributed by atoms with van der Waals surface area (Å²) >= 11 is 5.64. The van der Waals surface area contributed by atoms with Crippen molar-refractivity contribution in [3.05, 3.63) is 11.0 Å². The zero-order valence-corrected chi connectivity index (χ0v) is 6.08. The first-order chi connectivity index (χ1) is 4.24. The largest absolute Gasteiger partial charge is 0.372 e. The van der Waals surface area contributed by atoms with Gasteiger partial charge in [0.25, 0.3) is 0 Å². The van der Waals surface area contributed by atoms with Crippen molar-refractivity contribution in [1.82, 2.24) is 9.97 Å². The van der Waals surface area contributed by atoms with Crippen LogP contribution in [-0.4, -0.2) is 17.0 Å². The molecule has 0 unspecified atom stereocenters. The van der Waals surface area contributed by atoms with Crippen LogP contribution in [0.5, 0.6) is 0 Å². The van der Waals surface area contributed by atoms with E-state index in [4.69, 9.17) is 11.6 Å². The lowest BCUT2D eigenvalue weighted by atomic mass is 10.7. The molecule has 4 heteroatoms. The van der Waals surface area contributed by atoms with Gasteiger partial charge in [0.05, 0.1) is 0 Å². The van der Waals surface area contributed by atoms with Crippen LogP contribution in [0.15, 0.2) is 0 Å². The second-order valence-corrected chi connectivity index (χ2v) is 2.10. The number of aryl methyl sites for hydroxylation is 1. The first-order valence-corrected chi connectivity index (χ1v) is 3.01. The van der Waals surface area contributed by atoms with Gasteiger partial charge in [-0.2, -0.15) is 0 Å². The van der Waals surface area contributed by atoms with E-state index in [9.17, 15) is 0 Å². The number of aromatic nitrogens is 2. The van der Waals surface area contributed by atoms with Crippen molar-refractivity contribution in [2.75, 3.05) is 12.4 Å². The summed E-state index contributed by atoms with van der Waals surface area (Å²) in [6.45, 7) is 1.85. The third kappa shape index (κ3) is 1.16. The maximum atomic E-state index is 5.64. The van der Waals surface area contributed by atoms with Gasteiger partial charge < -0.3 is 10.3 Å². The monoisotopic (exact) mass is 145 g/mol. The molecule has 0 aliphatic carbocycles. The molecule has 0 amide bonds. The highest BCUT2D eigenvalue weighted by Crippen LogP contribution is 2.15. The molecule has 0 aliphatic rings. The fourth-order valence-electron chi connectivity index (χ4n) is 0.629. The van der Waals surface area contributed by atoms with Crippen LogP contribution in [0.25, 0.3) is 0 Å². The highest BCUT2D eigenvalue weighted by atomic mass is 35.5. The number of halogens is 1. The predicted molar refractivity (Wildman–Crippen MR) is 37.9 cm³/mol. The number of nitrogens with zero attached hydrogens (tertiary/aromatic N) is 1. The van der Waals surface area contributed by atoms with Crippen molar-refractivity contribution < 1.29 is 0 Å². The Morgan fingerprint density at radius 1 is 1.67 bits per heavy atom. The van der Waals surface area contributed by atoms with Crippen LogP contribution in [0.2, 0.25) is 5.15 Å². The fourth-order valence-corrected chi connectivity index (χ4v) is 0.898. The first kappa shape index (κ1) is 6.42. The van der Waals surface area contributed by atoms with E-state index in [1.54, 1.807) is 7.05 Å². The molecule has 0 aromatic carbocycles. The van der Waals surface area contributed by atoms with E-state index >= 15 is 0 Å². The Kier molecular flexibility index (Phi) is 1.62. The maximum absolute atomic E-state index is 5.64. The molecule has 0 saturated heterocycles. The summed E-state index contributed by atoms with van der Waals surface area (Å²) in [7, 11) is 1.79. The van der Waals surface area contributed by atoms with Crippen LogP contribution in [0.4, 0.5) is 5.82 Å². The van der Waals surface area contributed by atoms with Gasteiger partial charge in [-0.05, 0) is 6.92 Å². The zero-order valence-electron chi connectivity index (χ0n) is 5.33. The van der Waals surface area contributed by atoms with Gasteiger partial charge in [0.2, 0.25) is 0 Å². The van der Waals surface area contributed by atoms with Crippen LogP contribution in [0.1, 0.15) is 5.82 Å². The Balaban J connectivity index is 3.01. The molecule has 3 nitrogen and oxygen atoms in total. The molecule has 0 atom stereocenters. The van der Waals surface area contributed by atoms with Gasteiger partial charge in [0.1, 0.15) is 11.6 Å². The number of nitrogens with one attached hydrogen (secondary N) is 2. The predicted octanol–water partition coefficient (Wildman–Crippen LogP) is 1.41. The summed E-state index contributed by atoms with van der Waals surface area (Å²) in [5, 5.41) is 3.36. The number of imidazole rings is 1. The lowest BCUT2D eigenvalue weighted by Gasteiger charge is -1.90. The maximum Gasteiger partial charge on any atom is 0.171 e. The minimum absolute atomic E-state index is 0.495. The van der Waals surface area contributed by atoms with E-state index < -0.39 is 0 Å². The Morgan fingerprint density at radius 3 is 2.56 bits per heavy atom. The van der Waals surface area contributed by atoms with Crippen molar-refractivity contribution in [3.8, 4) is 0 Å². The molecule has 0 fully saturated rings. The fraction of sp³-hybridized carbons (Fsp3) is 0.400. The van der Waals surface area contributed by atoms with Crippen LogP contribution in [0, 0.1) is 6.92 Å². The summed E-state index contributed by atoms with van der Waals surface area (Å²) in [5.41, 5.74) is 0. The third-order valence-electron chi connectivity index (χ3n) is 1.03. The average molecular weight is 146 g/mol. The molecule has 1 aromatic rings. The van der Waals surface area contributed by atoms with Gasteiger partial charge in [0.15, 0.2) is 5.15 Å². The lowest BCUT2D eigenvalue weighted by Crippen LogP contribution is -1.87. The van der Waals surface area contributed by atoms with Gasteiger partial charge in [-0.3, -0.25) is 0 Å². The van der Waals surface area contributed by atoms with E-state index in [0.29, 0.717) is 5.15 Å². The molecule has 0 spiro atoms. The number of aromatic amines is 1. The van der Waals surface area contributed by atoms with Gasteiger partial charge in [-0.25, -0.2) is 4.98 Å². The molecule has 0 aliphatic heterocycles. The minimum atomic E-state index is 0.495. The minimum Gasteiger partial charge on any atom is -0.372 e. The molecule has 2 N–H and O–H groups in total. The summed E-state index contributed by atoms with van der Waals surface area (Å²) in [6.07, 6.45) is 0. The molecule has 0 bridgehead atoms. The molecular formula is C5H8ClN3. The van der Waals surface area contributed by atoms with Crippen molar-refractivity contribution >= 4 is 17.4 Å². The van der Waals surface area contributed by atoms with Crippen LogP contribution >= 0.6 is 11.6 Å². The van der Waals surface area contributed by atoms with Crippen molar-refractivity contribution in [2.45, 2.75) is 6.92 Å². The van der Waals surface area contributed by atoms with Gasteiger partial charge in [0, 0.05) is 7.05 Å². The van der Waals surface area contributed by atoms with Gasteiger partial charge >= 0.3 is 0 Å². The Hall–Kier alpha value is -0.700. The van der Waals surface area contributed by atoms with Gasteiger partial charge in [-0.1, -0.05) is 11.6 Å². The molecular weight excluding hydrogens is 138 g/mol. The molecule has 0 saturated carbocycles. The smallest absolute Gasteiger partial charge is 0.171 e. The molecule has 1 aromatic heterocycles. The zero-order chi connectivity index (χ0) is 6.85. The third-order valence-corrected chi connectivity index (χ3v) is 1.30. The summed E-state index contributed by atoms with van der Waals surface area (Å²) < 4.78 is 0. The Labute approximate surface area is 58.4 Å². The lowest BCUT2D eigenvalue weighted by molar-refractivity contribution is 1.15. The van der Waals surface area contributed by atoms with E-state index in [1.807, 2.05) is 6.92 Å². The first-order valence-electron chi connectivity index (χ1n) is 2.64. The molecule has 9 heavy (non-hydrogen) atoms. The Morgan fingerprint density at radius 2 is 2.33 bits per heavy atom. The number of anilines is 1. The number of hydrogen-bond acceptors (Lipinski definition) is 2. The normalized spacial score (nSPS) is 9.67. The number of hydrogen-bond donors (Lipinski definition) is 2. The highest BCUT2D eigenvalue weighted by Gasteiger charge is 2.00.